The molecule has 0 aliphatic heterocycles. The minimum Gasteiger partial charge on any atom is -0.380 e. The molecule has 7 nitrogen and oxygen atoms in total. The molecule has 1 heterocycles. The SMILES string of the molecule is COCc1cccc(NC(=O)c2cc(NC(=O)CCc3ccccc3)n(C)n2)c1. The second-order valence-corrected chi connectivity index (χ2v) is 6.66. The summed E-state index contributed by atoms with van der Waals surface area (Å²) in [4.78, 5) is 24.8. The molecule has 1 aromatic heterocycles. The Hall–Kier alpha value is -3.45. The number of carbonyl (C=O) groups is 2. The highest BCUT2D eigenvalue weighted by atomic mass is 16.5. The number of nitrogens with zero attached hydrogens (tertiary/aromatic N) is 2. The number of aryl methyl sites for hydroxylation is 2. The Morgan fingerprint density at radius 3 is 2.52 bits per heavy atom. The average Bonchev–Trinajstić information content (AvgIpc) is 3.08. The van der Waals surface area contributed by atoms with E-state index in [4.69, 9.17) is 4.74 Å². The molecule has 0 aliphatic carbocycles. The third-order valence-corrected chi connectivity index (χ3v) is 4.36. The van der Waals surface area contributed by atoms with Gasteiger partial charge in [0, 0.05) is 32.3 Å². The molecule has 2 amide bonds. The van der Waals surface area contributed by atoms with Crippen LogP contribution in [-0.4, -0.2) is 28.7 Å². The Morgan fingerprint density at radius 1 is 1.00 bits per heavy atom. The summed E-state index contributed by atoms with van der Waals surface area (Å²) in [5.74, 6) is -0.00243. The molecular formula is C22H24N4O3. The lowest BCUT2D eigenvalue weighted by Gasteiger charge is -2.05. The van der Waals surface area contributed by atoms with E-state index >= 15 is 0 Å². The third kappa shape index (κ3) is 5.76. The Labute approximate surface area is 169 Å². The van der Waals surface area contributed by atoms with Gasteiger partial charge in [0.05, 0.1) is 6.61 Å². The van der Waals surface area contributed by atoms with Crippen LogP contribution in [0, 0.1) is 0 Å². The topological polar surface area (TPSA) is 85.3 Å². The quantitative estimate of drug-likeness (QED) is 0.615. The van der Waals surface area contributed by atoms with Crippen LogP contribution in [0.15, 0.2) is 60.7 Å². The lowest BCUT2D eigenvalue weighted by Crippen LogP contribution is -2.14. The fourth-order valence-corrected chi connectivity index (χ4v) is 2.90. The number of amides is 2. The molecule has 0 saturated carbocycles. The Morgan fingerprint density at radius 2 is 1.76 bits per heavy atom. The molecule has 0 atom stereocenters. The normalized spacial score (nSPS) is 10.6. The summed E-state index contributed by atoms with van der Waals surface area (Å²) in [6.45, 7) is 0.465. The number of rotatable bonds is 8. The summed E-state index contributed by atoms with van der Waals surface area (Å²) in [7, 11) is 3.30. The predicted molar refractivity (Wildman–Crippen MR) is 112 cm³/mol. The smallest absolute Gasteiger partial charge is 0.276 e. The van der Waals surface area contributed by atoms with Crippen LogP contribution < -0.4 is 10.6 Å². The number of aromatic nitrogens is 2. The maximum absolute atomic E-state index is 12.5. The summed E-state index contributed by atoms with van der Waals surface area (Å²) < 4.78 is 6.59. The summed E-state index contributed by atoms with van der Waals surface area (Å²) >= 11 is 0. The highest BCUT2D eigenvalue weighted by molar-refractivity contribution is 6.04. The van der Waals surface area contributed by atoms with Crippen LogP contribution in [0.4, 0.5) is 11.5 Å². The molecule has 0 radical (unpaired) electrons. The summed E-state index contributed by atoms with van der Waals surface area (Å²) in [5.41, 5.74) is 2.94. The van der Waals surface area contributed by atoms with E-state index in [2.05, 4.69) is 15.7 Å². The molecule has 2 N–H and O–H groups in total. The number of methoxy groups -OCH3 is 1. The first-order valence-corrected chi connectivity index (χ1v) is 9.32. The molecule has 29 heavy (non-hydrogen) atoms. The largest absolute Gasteiger partial charge is 0.380 e. The predicted octanol–water partition coefficient (Wildman–Crippen LogP) is 3.39. The zero-order valence-electron chi connectivity index (χ0n) is 16.5. The maximum atomic E-state index is 12.5. The van der Waals surface area contributed by atoms with Crippen molar-refractivity contribution in [3.8, 4) is 0 Å². The number of nitrogens with one attached hydrogen (secondary N) is 2. The lowest BCUT2D eigenvalue weighted by molar-refractivity contribution is -0.116. The van der Waals surface area contributed by atoms with Crippen LogP contribution in [0.25, 0.3) is 0 Å². The maximum Gasteiger partial charge on any atom is 0.276 e. The molecule has 0 aliphatic rings. The van der Waals surface area contributed by atoms with E-state index in [1.54, 1.807) is 26.3 Å². The average molecular weight is 392 g/mol. The Bertz CT molecular complexity index is 983. The second-order valence-electron chi connectivity index (χ2n) is 6.66. The van der Waals surface area contributed by atoms with Gasteiger partial charge in [-0.15, -0.1) is 0 Å². The number of ether oxygens (including phenoxy) is 1. The molecule has 0 saturated heterocycles. The van der Waals surface area contributed by atoms with Crippen LogP contribution >= 0.6 is 0 Å². The third-order valence-electron chi connectivity index (χ3n) is 4.36. The van der Waals surface area contributed by atoms with Crippen molar-refractivity contribution in [2.75, 3.05) is 17.7 Å². The van der Waals surface area contributed by atoms with Gasteiger partial charge in [0.25, 0.3) is 5.91 Å². The van der Waals surface area contributed by atoms with Crippen molar-refractivity contribution < 1.29 is 14.3 Å². The molecule has 0 fully saturated rings. The van der Waals surface area contributed by atoms with Gasteiger partial charge < -0.3 is 15.4 Å². The van der Waals surface area contributed by atoms with E-state index < -0.39 is 0 Å². The van der Waals surface area contributed by atoms with Gasteiger partial charge in [0.2, 0.25) is 5.91 Å². The molecule has 0 unspecified atom stereocenters. The number of hydrogen-bond acceptors (Lipinski definition) is 4. The fourth-order valence-electron chi connectivity index (χ4n) is 2.90. The van der Waals surface area contributed by atoms with Crippen molar-refractivity contribution in [2.24, 2.45) is 7.05 Å². The van der Waals surface area contributed by atoms with E-state index in [0.29, 0.717) is 31.0 Å². The first-order valence-electron chi connectivity index (χ1n) is 9.32. The van der Waals surface area contributed by atoms with Gasteiger partial charge >= 0.3 is 0 Å². The highest BCUT2D eigenvalue weighted by Gasteiger charge is 2.15. The monoisotopic (exact) mass is 392 g/mol. The summed E-state index contributed by atoms with van der Waals surface area (Å²) in [6.07, 6.45) is 0.999. The molecule has 150 valence electrons. The van der Waals surface area contributed by atoms with Gasteiger partial charge in [0.1, 0.15) is 5.82 Å². The van der Waals surface area contributed by atoms with Crippen molar-refractivity contribution in [2.45, 2.75) is 19.4 Å². The van der Waals surface area contributed by atoms with Gasteiger partial charge in [-0.2, -0.15) is 5.10 Å². The number of benzene rings is 2. The van der Waals surface area contributed by atoms with Crippen molar-refractivity contribution in [3.05, 3.63) is 77.5 Å². The highest BCUT2D eigenvalue weighted by Crippen LogP contribution is 2.15. The van der Waals surface area contributed by atoms with Crippen LogP contribution in [-0.2, 0) is 29.6 Å². The molecule has 0 spiro atoms. The number of carbonyl (C=O) groups excluding carboxylic acids is 2. The van der Waals surface area contributed by atoms with Crippen LogP contribution in [0.5, 0.6) is 0 Å². The van der Waals surface area contributed by atoms with Crippen molar-refractivity contribution >= 4 is 23.3 Å². The van der Waals surface area contributed by atoms with Gasteiger partial charge in [-0.3, -0.25) is 14.3 Å². The van der Waals surface area contributed by atoms with E-state index in [1.165, 1.54) is 4.68 Å². The summed E-state index contributed by atoms with van der Waals surface area (Å²) in [5, 5.41) is 9.83. The van der Waals surface area contributed by atoms with Crippen LogP contribution in [0.2, 0.25) is 0 Å². The minimum absolute atomic E-state index is 0.129. The van der Waals surface area contributed by atoms with Crippen molar-refractivity contribution in [1.29, 1.82) is 0 Å². The molecule has 2 aromatic carbocycles. The number of anilines is 2. The standard InChI is InChI=1S/C22H24N4O3/c1-26-20(24-21(27)12-11-16-7-4-3-5-8-16)14-19(25-26)22(28)23-18-10-6-9-17(13-18)15-29-2/h3-10,13-14H,11-12,15H2,1-2H3,(H,23,28)(H,24,27). The molecule has 0 bridgehead atoms. The van der Waals surface area contributed by atoms with Crippen molar-refractivity contribution in [1.82, 2.24) is 9.78 Å². The van der Waals surface area contributed by atoms with Gasteiger partial charge in [-0.05, 0) is 29.7 Å². The first-order chi connectivity index (χ1) is 14.0. The second kappa shape index (κ2) is 9.66. The van der Waals surface area contributed by atoms with E-state index in [0.717, 1.165) is 11.1 Å². The first kappa shape index (κ1) is 20.3. The zero-order valence-corrected chi connectivity index (χ0v) is 16.5. The number of hydrogen-bond donors (Lipinski definition) is 2. The van der Waals surface area contributed by atoms with Crippen LogP contribution in [0.1, 0.15) is 28.0 Å². The van der Waals surface area contributed by atoms with Gasteiger partial charge in [-0.25, -0.2) is 0 Å². The van der Waals surface area contributed by atoms with Gasteiger partial charge in [-0.1, -0.05) is 42.5 Å². The zero-order chi connectivity index (χ0) is 20.6. The van der Waals surface area contributed by atoms with Gasteiger partial charge in [0.15, 0.2) is 5.69 Å². The Balaban J connectivity index is 1.59. The van der Waals surface area contributed by atoms with E-state index in [-0.39, 0.29) is 17.5 Å². The Kier molecular flexibility index (Phi) is 6.76. The minimum atomic E-state index is -0.347. The van der Waals surface area contributed by atoms with E-state index in [1.807, 2.05) is 48.5 Å². The van der Waals surface area contributed by atoms with E-state index in [9.17, 15) is 9.59 Å². The lowest BCUT2D eigenvalue weighted by atomic mass is 10.1. The molecule has 7 heteroatoms. The summed E-state index contributed by atoms with van der Waals surface area (Å²) in [6, 6.07) is 18.8. The fraction of sp³-hybridized carbons (Fsp3) is 0.227. The van der Waals surface area contributed by atoms with Crippen molar-refractivity contribution in [3.63, 3.8) is 0 Å². The molecular weight excluding hydrogens is 368 g/mol. The van der Waals surface area contributed by atoms with Crippen LogP contribution in [0.3, 0.4) is 0 Å². The molecule has 3 rings (SSSR count). The molecule has 3 aromatic rings.